The summed E-state index contributed by atoms with van der Waals surface area (Å²) < 4.78 is 25.2. The summed E-state index contributed by atoms with van der Waals surface area (Å²) in [4.78, 5) is 26.1. The van der Waals surface area contributed by atoms with Gasteiger partial charge < -0.3 is 5.32 Å². The zero-order valence-corrected chi connectivity index (χ0v) is 19.1. The summed E-state index contributed by atoms with van der Waals surface area (Å²) in [6, 6.07) is 3.86. The Kier molecular flexibility index (Phi) is 7.37. The van der Waals surface area contributed by atoms with Crippen molar-refractivity contribution in [2.45, 2.75) is 26.4 Å². The van der Waals surface area contributed by atoms with E-state index in [4.69, 9.17) is 23.2 Å². The quantitative estimate of drug-likeness (QED) is 0.443. The highest BCUT2D eigenvalue weighted by Crippen LogP contribution is 2.28. The first-order valence-electron chi connectivity index (χ1n) is 8.62. The van der Waals surface area contributed by atoms with Crippen molar-refractivity contribution in [3.8, 4) is 0 Å². The highest BCUT2D eigenvalue weighted by atomic mass is 35.5. The van der Waals surface area contributed by atoms with Crippen molar-refractivity contribution >= 4 is 51.3 Å². The van der Waals surface area contributed by atoms with Gasteiger partial charge in [0.1, 0.15) is 5.69 Å². The van der Waals surface area contributed by atoms with Crippen LogP contribution in [0, 0.1) is 13.8 Å². The van der Waals surface area contributed by atoms with E-state index in [1.165, 1.54) is 23.6 Å². The van der Waals surface area contributed by atoms with E-state index >= 15 is 0 Å². The fourth-order valence-electron chi connectivity index (χ4n) is 2.77. The molecule has 30 heavy (non-hydrogen) atoms. The zero-order valence-electron chi connectivity index (χ0n) is 15.8. The summed E-state index contributed by atoms with van der Waals surface area (Å²) >= 11 is 13.6. The lowest BCUT2D eigenvalue weighted by Gasteiger charge is -2.18. The molecule has 1 unspecified atom stereocenters. The Morgan fingerprint density at radius 2 is 1.83 bits per heavy atom. The van der Waals surface area contributed by atoms with Crippen molar-refractivity contribution in [1.29, 1.82) is 0 Å². The van der Waals surface area contributed by atoms with E-state index in [-0.39, 0.29) is 5.69 Å². The molecule has 0 aliphatic rings. The lowest BCUT2D eigenvalue weighted by molar-refractivity contribution is 0.0945. The van der Waals surface area contributed by atoms with Crippen molar-refractivity contribution in [2.75, 3.05) is 0 Å². The van der Waals surface area contributed by atoms with Gasteiger partial charge in [-0.15, -0.1) is 11.3 Å². The molecule has 2 aromatic heterocycles. The third-order valence-corrected chi connectivity index (χ3v) is 5.85. The molecule has 0 saturated carbocycles. The van der Waals surface area contributed by atoms with Gasteiger partial charge in [0.05, 0.1) is 35.2 Å². The van der Waals surface area contributed by atoms with Gasteiger partial charge in [0, 0.05) is 21.1 Å². The molecule has 1 atom stereocenters. The van der Waals surface area contributed by atoms with Crippen molar-refractivity contribution in [3.05, 3.63) is 73.2 Å². The number of thiol groups is 1. The van der Waals surface area contributed by atoms with Gasteiger partial charge >= 0.3 is 0 Å². The number of aryl methyl sites for hydroxylation is 2. The molecule has 12 heteroatoms. The number of carbonyl (C=O) groups excluding carboxylic acids is 1. The lowest BCUT2D eigenvalue weighted by atomic mass is 10.0. The third-order valence-electron chi connectivity index (χ3n) is 4.04. The van der Waals surface area contributed by atoms with E-state index in [0.29, 0.717) is 33.5 Å². The molecule has 2 heterocycles. The topological polar surface area (TPSA) is 114 Å². The number of carbonyl (C=O) groups is 1. The van der Waals surface area contributed by atoms with Crippen molar-refractivity contribution < 1.29 is 13.2 Å². The molecule has 3 rings (SSSR count). The molecule has 2 N–H and O–H groups in total. The Balaban J connectivity index is 1.86. The molecule has 1 amide bonds. The average Bonchev–Trinajstić information content (AvgIpc) is 3.08. The summed E-state index contributed by atoms with van der Waals surface area (Å²) in [5.74, 6) is -0.395. The summed E-state index contributed by atoms with van der Waals surface area (Å²) in [6.07, 6.45) is 3.01. The fourth-order valence-corrected chi connectivity index (χ4v) is 4.53. The van der Waals surface area contributed by atoms with Gasteiger partial charge in [-0.3, -0.25) is 9.78 Å². The van der Waals surface area contributed by atoms with E-state index in [0.717, 1.165) is 9.88 Å². The van der Waals surface area contributed by atoms with Gasteiger partial charge in [0.2, 0.25) is 10.9 Å². The number of nitrogens with zero attached hydrogens (tertiary/aromatic N) is 3. The van der Waals surface area contributed by atoms with Gasteiger partial charge in [-0.05, 0) is 37.6 Å². The second-order valence-corrected chi connectivity index (χ2v) is 9.24. The van der Waals surface area contributed by atoms with E-state index in [1.807, 2.05) is 6.92 Å². The van der Waals surface area contributed by atoms with E-state index in [9.17, 15) is 13.2 Å². The molecule has 0 saturated heterocycles. The van der Waals surface area contributed by atoms with Crippen LogP contribution in [0.1, 0.15) is 43.4 Å². The van der Waals surface area contributed by atoms with Crippen LogP contribution in [-0.4, -0.2) is 29.3 Å². The lowest BCUT2D eigenvalue weighted by Crippen LogP contribution is -2.26. The zero-order chi connectivity index (χ0) is 21.8. The van der Waals surface area contributed by atoms with Crippen LogP contribution in [0.4, 0.5) is 0 Å². The Bertz CT molecular complexity index is 1140. The highest BCUT2D eigenvalue weighted by Gasteiger charge is 2.22. The van der Waals surface area contributed by atoms with Crippen LogP contribution in [0.25, 0.3) is 0 Å². The summed E-state index contributed by atoms with van der Waals surface area (Å²) in [5, 5.41) is 4.38. The van der Waals surface area contributed by atoms with Gasteiger partial charge in [0.25, 0.3) is 5.91 Å². The molecule has 3 aromatic rings. The van der Waals surface area contributed by atoms with Crippen LogP contribution in [0.15, 0.2) is 30.6 Å². The third kappa shape index (κ3) is 5.73. The molecular weight excluding hydrogens is 469 g/mol. The van der Waals surface area contributed by atoms with Gasteiger partial charge in [-0.1, -0.05) is 23.2 Å². The first-order chi connectivity index (χ1) is 14.2. The number of hydrogen-bond acceptors (Lipinski definition) is 7. The van der Waals surface area contributed by atoms with Crippen LogP contribution < -0.4 is 10.0 Å². The number of aromatic nitrogens is 3. The number of hydrogen-bond donors (Lipinski definition) is 3. The van der Waals surface area contributed by atoms with Gasteiger partial charge in [-0.25, -0.2) is 23.1 Å². The number of thiazole rings is 1. The van der Waals surface area contributed by atoms with Gasteiger partial charge in [0.15, 0.2) is 0 Å². The van der Waals surface area contributed by atoms with E-state index in [2.05, 4.69) is 25.0 Å². The molecule has 0 spiro atoms. The average molecular weight is 486 g/mol. The van der Waals surface area contributed by atoms with E-state index in [1.54, 1.807) is 25.3 Å². The second kappa shape index (κ2) is 9.80. The van der Waals surface area contributed by atoms with Crippen LogP contribution in [0.5, 0.6) is 0 Å². The Morgan fingerprint density at radius 1 is 1.13 bits per heavy atom. The van der Waals surface area contributed by atoms with Crippen molar-refractivity contribution in [1.82, 2.24) is 25.0 Å². The molecule has 8 nitrogen and oxygen atoms in total. The smallest absolute Gasteiger partial charge is 0.271 e. The van der Waals surface area contributed by atoms with Crippen molar-refractivity contribution in [3.63, 3.8) is 0 Å². The molecule has 158 valence electrons. The Morgan fingerprint density at radius 3 is 2.40 bits per heavy atom. The molecule has 0 aliphatic carbocycles. The Labute approximate surface area is 188 Å². The maximum absolute atomic E-state index is 12.4. The normalized spacial score (nSPS) is 12.2. The molecular formula is C18H17Cl2N5O3S2. The minimum atomic E-state index is -2.96. The molecule has 0 bridgehead atoms. The minimum absolute atomic E-state index is 0.117. The van der Waals surface area contributed by atoms with Crippen molar-refractivity contribution in [2.24, 2.45) is 0 Å². The largest absolute Gasteiger partial charge is 0.346 e. The SMILES string of the molecule is Cc1ncc(CNC(=O)c2cnc(C(N[SH](=O)=O)c3cc(Cl)cc(Cl)c3)c(C)n2)s1. The van der Waals surface area contributed by atoms with Crippen LogP contribution in [0.3, 0.4) is 0 Å². The number of benzene rings is 1. The summed E-state index contributed by atoms with van der Waals surface area (Å²) in [7, 11) is -2.96. The Hall–Kier alpha value is -2.11. The van der Waals surface area contributed by atoms with Crippen LogP contribution in [-0.2, 0) is 17.4 Å². The predicted molar refractivity (Wildman–Crippen MR) is 117 cm³/mol. The minimum Gasteiger partial charge on any atom is -0.346 e. The van der Waals surface area contributed by atoms with Crippen LogP contribution >= 0.6 is 34.5 Å². The van der Waals surface area contributed by atoms with Crippen LogP contribution in [0.2, 0.25) is 10.0 Å². The number of halogens is 2. The standard InChI is InChI=1S/C18H17Cl2N5O3S2/c1-9-16(17(25-30(27)28)11-3-12(19)5-13(20)4-11)22-8-15(24-9)18(26)23-7-14-6-21-10(2)29-14/h3-6,8,17,30H,7H2,1-2H3,(H,23,26)(H,25,27,28). The maximum Gasteiger partial charge on any atom is 0.271 e. The number of nitrogens with one attached hydrogen (secondary N) is 2. The molecule has 0 aliphatic heterocycles. The molecule has 0 radical (unpaired) electrons. The fraction of sp³-hybridized carbons (Fsp3) is 0.222. The number of rotatable bonds is 7. The van der Waals surface area contributed by atoms with E-state index < -0.39 is 22.8 Å². The molecule has 1 aromatic carbocycles. The number of amides is 1. The molecule has 0 fully saturated rings. The first kappa shape index (κ1) is 22.6. The summed E-state index contributed by atoms with van der Waals surface area (Å²) in [6.45, 7) is 3.86. The van der Waals surface area contributed by atoms with Gasteiger partial charge in [-0.2, -0.15) is 0 Å². The second-order valence-electron chi connectivity index (χ2n) is 6.28. The summed E-state index contributed by atoms with van der Waals surface area (Å²) in [5.41, 5.74) is 1.35. The monoisotopic (exact) mass is 485 g/mol. The first-order valence-corrected chi connectivity index (χ1v) is 11.4. The maximum atomic E-state index is 12.4. The highest BCUT2D eigenvalue weighted by molar-refractivity contribution is 7.70. The predicted octanol–water partition coefficient (Wildman–Crippen LogP) is 2.99.